The van der Waals surface area contributed by atoms with Crippen molar-refractivity contribution in [3.8, 4) is 0 Å². The molecule has 0 fully saturated rings. The fourth-order valence-corrected chi connectivity index (χ4v) is 5.37. The second kappa shape index (κ2) is 22.7. The van der Waals surface area contributed by atoms with Gasteiger partial charge in [-0.3, -0.25) is 4.79 Å². The molecule has 0 saturated heterocycles. The Balaban J connectivity index is 2.36. The largest absolute Gasteiger partial charge is 0.465 e. The Morgan fingerprint density at radius 1 is 0.649 bits per heavy atom. The van der Waals surface area contributed by atoms with Gasteiger partial charge in [0.2, 0.25) is 0 Å². The van der Waals surface area contributed by atoms with E-state index in [1.165, 1.54) is 134 Å². The minimum atomic E-state index is -0.485. The topological polar surface area (TPSA) is 26.3 Å². The minimum absolute atomic E-state index is 0.0413. The number of unbranched alkanes of at least 4 members (excludes halogenated alkanes) is 16. The molecular formula is C35H62O2. The molecule has 37 heavy (non-hydrogen) atoms. The van der Waals surface area contributed by atoms with Gasteiger partial charge in [-0.2, -0.15) is 0 Å². The fourth-order valence-electron chi connectivity index (χ4n) is 5.37. The van der Waals surface area contributed by atoms with Gasteiger partial charge in [0, 0.05) is 0 Å². The Morgan fingerprint density at radius 2 is 1.05 bits per heavy atom. The first kappa shape index (κ1) is 33.7. The molecule has 0 amide bonds. The van der Waals surface area contributed by atoms with Gasteiger partial charge in [0.15, 0.2) is 0 Å². The van der Waals surface area contributed by atoms with Crippen molar-refractivity contribution in [2.45, 2.75) is 163 Å². The van der Waals surface area contributed by atoms with Gasteiger partial charge >= 0.3 is 5.97 Å². The Bertz CT molecular complexity index is 636. The maximum atomic E-state index is 13.0. The summed E-state index contributed by atoms with van der Waals surface area (Å²) in [5.41, 5.74) is 0.715. The van der Waals surface area contributed by atoms with E-state index in [4.69, 9.17) is 4.74 Å². The Hall–Kier alpha value is -1.31. The molecule has 0 aromatic heterocycles. The highest BCUT2D eigenvalue weighted by molar-refractivity contribution is 5.76. The first-order valence-corrected chi connectivity index (χ1v) is 16.2. The third-order valence-corrected chi connectivity index (χ3v) is 7.92. The van der Waals surface area contributed by atoms with Crippen molar-refractivity contribution in [3.63, 3.8) is 0 Å². The molecule has 1 atom stereocenters. The molecule has 1 rings (SSSR count). The third-order valence-electron chi connectivity index (χ3n) is 7.92. The van der Waals surface area contributed by atoms with Crippen LogP contribution in [0, 0.1) is 11.3 Å². The molecule has 1 unspecified atom stereocenters. The molecule has 0 radical (unpaired) electrons. The van der Waals surface area contributed by atoms with Crippen molar-refractivity contribution in [3.05, 3.63) is 35.9 Å². The van der Waals surface area contributed by atoms with Crippen molar-refractivity contribution >= 4 is 5.97 Å². The summed E-state index contributed by atoms with van der Waals surface area (Å²) in [7, 11) is 0. The summed E-state index contributed by atoms with van der Waals surface area (Å²) in [5, 5.41) is 0. The second-order valence-corrected chi connectivity index (χ2v) is 12.2. The van der Waals surface area contributed by atoms with Gasteiger partial charge in [0.1, 0.15) is 0 Å². The number of rotatable bonds is 25. The number of ether oxygens (including phenoxy) is 1. The second-order valence-electron chi connectivity index (χ2n) is 12.2. The summed E-state index contributed by atoms with van der Waals surface area (Å²) in [6.45, 7) is 9.22. The van der Waals surface area contributed by atoms with E-state index in [1.807, 2.05) is 32.0 Å². The highest BCUT2D eigenvalue weighted by Gasteiger charge is 2.30. The number of benzene rings is 1. The zero-order valence-electron chi connectivity index (χ0n) is 25.3. The summed E-state index contributed by atoms with van der Waals surface area (Å²) in [4.78, 5) is 13.0. The predicted molar refractivity (Wildman–Crippen MR) is 162 cm³/mol. The standard InChI is InChI=1S/C35H62O2/c1-5-7-9-11-13-15-16-18-20-23-29-33(28-22-19-17-14-12-10-8-6-2)31-37-34(36)35(3,4)30-32-26-24-21-25-27-32/h21,24-27,33H,5-20,22-23,28-31H2,1-4H3. The van der Waals surface area contributed by atoms with Crippen LogP contribution in [-0.4, -0.2) is 12.6 Å². The van der Waals surface area contributed by atoms with Crippen molar-refractivity contribution in [1.82, 2.24) is 0 Å². The molecule has 0 bridgehead atoms. The van der Waals surface area contributed by atoms with Gasteiger partial charge in [-0.25, -0.2) is 0 Å². The quantitative estimate of drug-likeness (QED) is 0.0957. The van der Waals surface area contributed by atoms with Crippen LogP contribution in [0.15, 0.2) is 30.3 Å². The molecule has 0 aliphatic heterocycles. The maximum Gasteiger partial charge on any atom is 0.311 e. The van der Waals surface area contributed by atoms with Crippen LogP contribution in [0.25, 0.3) is 0 Å². The average molecular weight is 515 g/mol. The van der Waals surface area contributed by atoms with Crippen LogP contribution in [0.3, 0.4) is 0 Å². The van der Waals surface area contributed by atoms with Crippen LogP contribution >= 0.6 is 0 Å². The molecule has 214 valence electrons. The molecule has 0 aliphatic rings. The van der Waals surface area contributed by atoms with E-state index in [0.29, 0.717) is 12.5 Å². The first-order valence-electron chi connectivity index (χ1n) is 16.2. The Kier molecular flexibility index (Phi) is 20.6. The third kappa shape index (κ3) is 18.6. The lowest BCUT2D eigenvalue weighted by atomic mass is 9.86. The smallest absolute Gasteiger partial charge is 0.311 e. The first-order chi connectivity index (χ1) is 18.0. The molecule has 1 aromatic carbocycles. The molecule has 0 spiro atoms. The summed E-state index contributed by atoms with van der Waals surface area (Å²) in [6, 6.07) is 10.3. The summed E-state index contributed by atoms with van der Waals surface area (Å²) in [5.74, 6) is 0.478. The van der Waals surface area contributed by atoms with Crippen molar-refractivity contribution in [1.29, 1.82) is 0 Å². The monoisotopic (exact) mass is 514 g/mol. The maximum absolute atomic E-state index is 13.0. The molecule has 0 heterocycles. The summed E-state index contributed by atoms with van der Waals surface area (Å²) >= 11 is 0. The Labute approximate surface area is 231 Å². The zero-order valence-corrected chi connectivity index (χ0v) is 25.3. The van der Waals surface area contributed by atoms with E-state index in [-0.39, 0.29) is 5.97 Å². The number of esters is 1. The van der Waals surface area contributed by atoms with Crippen LogP contribution < -0.4 is 0 Å². The fraction of sp³-hybridized carbons (Fsp3) is 0.800. The van der Waals surface area contributed by atoms with Crippen LogP contribution in [0.2, 0.25) is 0 Å². The molecule has 0 saturated carbocycles. The lowest BCUT2D eigenvalue weighted by molar-refractivity contribution is -0.155. The SMILES string of the molecule is CCCCCCCCCCCCC(CCCCCCCCCC)COC(=O)C(C)(C)Cc1ccccc1. The lowest BCUT2D eigenvalue weighted by Gasteiger charge is -2.25. The number of hydrogen-bond donors (Lipinski definition) is 0. The van der Waals surface area contributed by atoms with Crippen LogP contribution in [0.1, 0.15) is 162 Å². The van der Waals surface area contributed by atoms with Crippen molar-refractivity contribution in [2.24, 2.45) is 11.3 Å². The van der Waals surface area contributed by atoms with Crippen LogP contribution in [0.4, 0.5) is 0 Å². The van der Waals surface area contributed by atoms with Crippen molar-refractivity contribution < 1.29 is 9.53 Å². The van der Waals surface area contributed by atoms with E-state index in [1.54, 1.807) is 0 Å². The highest BCUT2D eigenvalue weighted by atomic mass is 16.5. The van der Waals surface area contributed by atoms with Crippen molar-refractivity contribution in [2.75, 3.05) is 6.61 Å². The van der Waals surface area contributed by atoms with Gasteiger partial charge < -0.3 is 4.74 Å². The van der Waals surface area contributed by atoms with Gasteiger partial charge in [0.05, 0.1) is 12.0 Å². The summed E-state index contributed by atoms with van der Waals surface area (Å²) in [6.07, 6.45) is 27.7. The normalized spacial score (nSPS) is 12.5. The van der Waals surface area contributed by atoms with E-state index in [2.05, 4.69) is 26.0 Å². The van der Waals surface area contributed by atoms with Gasteiger partial charge in [-0.05, 0) is 44.6 Å². The molecular weight excluding hydrogens is 452 g/mol. The Morgan fingerprint density at radius 3 is 1.49 bits per heavy atom. The van der Waals surface area contributed by atoms with E-state index >= 15 is 0 Å². The molecule has 2 nitrogen and oxygen atoms in total. The van der Waals surface area contributed by atoms with Gasteiger partial charge in [-0.15, -0.1) is 0 Å². The van der Waals surface area contributed by atoms with E-state index < -0.39 is 5.41 Å². The molecule has 1 aromatic rings. The zero-order chi connectivity index (χ0) is 27.0. The van der Waals surface area contributed by atoms with Gasteiger partial charge in [-0.1, -0.05) is 160 Å². The molecule has 2 heteroatoms. The predicted octanol–water partition coefficient (Wildman–Crippen LogP) is 11.3. The van der Waals surface area contributed by atoms with Gasteiger partial charge in [0.25, 0.3) is 0 Å². The summed E-state index contributed by atoms with van der Waals surface area (Å²) < 4.78 is 5.97. The lowest BCUT2D eigenvalue weighted by Crippen LogP contribution is -2.30. The number of hydrogen-bond acceptors (Lipinski definition) is 2. The van der Waals surface area contributed by atoms with E-state index in [9.17, 15) is 4.79 Å². The minimum Gasteiger partial charge on any atom is -0.465 e. The van der Waals surface area contributed by atoms with Crippen LogP contribution in [-0.2, 0) is 16.0 Å². The number of carbonyl (C=O) groups excluding carboxylic acids is 1. The molecule has 0 N–H and O–H groups in total. The molecule has 0 aliphatic carbocycles. The average Bonchev–Trinajstić information content (AvgIpc) is 2.89. The number of carbonyl (C=O) groups is 1. The highest BCUT2D eigenvalue weighted by Crippen LogP contribution is 2.26. The van der Waals surface area contributed by atoms with E-state index in [0.717, 1.165) is 6.42 Å². The van der Waals surface area contributed by atoms with Crippen LogP contribution in [0.5, 0.6) is 0 Å².